The molecule has 0 saturated heterocycles. The molecule has 0 bridgehead atoms. The Bertz CT molecular complexity index is 1650. The lowest BCUT2D eigenvalue weighted by atomic mass is 9.85. The molecule has 0 spiro atoms. The fourth-order valence-electron chi connectivity index (χ4n) is 5.40. The first kappa shape index (κ1) is 23.0. The molecule has 1 aliphatic heterocycles. The second-order valence-electron chi connectivity index (χ2n) is 10.9. The molecular formula is C29H26F3N3Si. The number of nitrogens with zero attached hydrogens (tertiary/aromatic N) is 3. The fourth-order valence-corrected chi connectivity index (χ4v) is 8.49. The van der Waals surface area contributed by atoms with E-state index in [9.17, 15) is 13.2 Å². The van der Waals surface area contributed by atoms with E-state index >= 15 is 0 Å². The number of hydrogen-bond donors (Lipinski definition) is 0. The minimum Gasteiger partial charge on any atom is -0.346 e. The van der Waals surface area contributed by atoms with Crippen molar-refractivity contribution in [1.29, 1.82) is 0 Å². The average Bonchev–Trinajstić information content (AvgIpc) is 3.23. The molecule has 2 aromatic heterocycles. The summed E-state index contributed by atoms with van der Waals surface area (Å²) in [5, 5.41) is 3.69. The third-order valence-electron chi connectivity index (χ3n) is 7.55. The lowest BCUT2D eigenvalue weighted by Crippen LogP contribution is -2.52. The van der Waals surface area contributed by atoms with E-state index in [4.69, 9.17) is 9.97 Å². The molecular weight excluding hydrogens is 475 g/mol. The van der Waals surface area contributed by atoms with Gasteiger partial charge in [0.05, 0.1) is 22.1 Å². The summed E-state index contributed by atoms with van der Waals surface area (Å²) >= 11 is 0. The van der Waals surface area contributed by atoms with Crippen molar-refractivity contribution in [3.63, 3.8) is 0 Å². The smallest absolute Gasteiger partial charge is 0.346 e. The fraction of sp³-hybridized carbons (Fsp3) is 0.241. The number of imidazole rings is 1. The normalized spacial score (nSPS) is 14.9. The number of alkyl halides is 3. The van der Waals surface area contributed by atoms with Crippen LogP contribution in [0.2, 0.25) is 13.1 Å². The molecule has 3 nitrogen and oxygen atoms in total. The van der Waals surface area contributed by atoms with Crippen LogP contribution in [-0.4, -0.2) is 28.6 Å². The molecule has 0 N–H and O–H groups in total. The monoisotopic (exact) mass is 501 g/mol. The van der Waals surface area contributed by atoms with Gasteiger partial charge in [-0.3, -0.25) is 4.98 Å². The van der Waals surface area contributed by atoms with E-state index in [0.29, 0.717) is 5.56 Å². The molecule has 0 saturated carbocycles. The van der Waals surface area contributed by atoms with Gasteiger partial charge in [-0.15, -0.1) is 0 Å². The highest BCUT2D eigenvalue weighted by Gasteiger charge is 2.47. The van der Waals surface area contributed by atoms with E-state index in [1.807, 2.05) is 18.2 Å². The van der Waals surface area contributed by atoms with Crippen molar-refractivity contribution >= 4 is 35.2 Å². The molecule has 0 aliphatic carbocycles. The first-order valence-corrected chi connectivity index (χ1v) is 15.0. The number of benzene rings is 3. The minimum absolute atomic E-state index is 0.0675. The summed E-state index contributed by atoms with van der Waals surface area (Å²) in [6.07, 6.45) is -2.52. The molecule has 0 unspecified atom stereocenters. The lowest BCUT2D eigenvalue weighted by molar-refractivity contribution is -0.211. The zero-order chi connectivity index (χ0) is 25.5. The van der Waals surface area contributed by atoms with Crippen LogP contribution in [0.3, 0.4) is 0 Å². The van der Waals surface area contributed by atoms with Crippen molar-refractivity contribution in [2.45, 2.75) is 39.5 Å². The maximum atomic E-state index is 13.4. The Balaban J connectivity index is 1.52. The summed E-state index contributed by atoms with van der Waals surface area (Å²) in [6.45, 7) is 7.13. The van der Waals surface area contributed by atoms with Crippen molar-refractivity contribution in [2.24, 2.45) is 5.41 Å². The van der Waals surface area contributed by atoms with Gasteiger partial charge in [-0.1, -0.05) is 68.4 Å². The predicted molar refractivity (Wildman–Crippen MR) is 142 cm³/mol. The Morgan fingerprint density at radius 1 is 0.889 bits per heavy atom. The van der Waals surface area contributed by atoms with Crippen molar-refractivity contribution in [2.75, 3.05) is 0 Å². The average molecular weight is 502 g/mol. The lowest BCUT2D eigenvalue weighted by Gasteiger charge is -2.34. The van der Waals surface area contributed by atoms with E-state index in [1.54, 1.807) is 18.3 Å². The molecule has 0 fully saturated rings. The van der Waals surface area contributed by atoms with Gasteiger partial charge >= 0.3 is 6.18 Å². The number of halogens is 3. The van der Waals surface area contributed by atoms with Crippen molar-refractivity contribution in [3.05, 3.63) is 78.5 Å². The molecule has 5 aromatic rings. The molecule has 6 rings (SSSR count). The Kier molecular flexibility index (Phi) is 4.80. The highest BCUT2D eigenvalue weighted by molar-refractivity contribution is 6.91. The van der Waals surface area contributed by atoms with Gasteiger partial charge in [-0.25, -0.2) is 4.98 Å². The van der Waals surface area contributed by atoms with E-state index in [2.05, 4.69) is 53.7 Å². The largest absolute Gasteiger partial charge is 0.394 e. The van der Waals surface area contributed by atoms with Crippen LogP contribution in [0.25, 0.3) is 44.5 Å². The molecule has 3 aromatic carbocycles. The second kappa shape index (κ2) is 7.52. The first-order valence-electron chi connectivity index (χ1n) is 12.0. The number of hydrogen-bond acceptors (Lipinski definition) is 2. The highest BCUT2D eigenvalue weighted by atomic mass is 28.3. The van der Waals surface area contributed by atoms with E-state index in [-0.39, 0.29) is 6.42 Å². The summed E-state index contributed by atoms with van der Waals surface area (Å²) in [5.74, 6) is 0.844. The van der Waals surface area contributed by atoms with E-state index < -0.39 is 19.8 Å². The summed E-state index contributed by atoms with van der Waals surface area (Å²) < 4.78 is 42.6. The molecule has 3 heterocycles. The first-order chi connectivity index (χ1) is 17.0. The Labute approximate surface area is 208 Å². The van der Waals surface area contributed by atoms with Gasteiger partial charge in [0.2, 0.25) is 0 Å². The standard InChI is InChI=1S/C29H26F3N3Si/c1-28(2,29(30,31)32)17-18-9-11-19(12-10-18)27-34-23-13-14-33-25-22-15-20-7-5-6-8-21(20)16-24(22)36(3,4)35(27)26(23)25/h5-16H,17H2,1-4H3. The summed E-state index contributed by atoms with van der Waals surface area (Å²) in [5.41, 5.74) is 3.79. The van der Waals surface area contributed by atoms with Crippen LogP contribution < -0.4 is 5.19 Å². The topological polar surface area (TPSA) is 30.7 Å². The van der Waals surface area contributed by atoms with Crippen LogP contribution in [-0.2, 0) is 6.42 Å². The van der Waals surface area contributed by atoms with Crippen LogP contribution >= 0.6 is 0 Å². The zero-order valence-electron chi connectivity index (χ0n) is 20.6. The van der Waals surface area contributed by atoms with Gasteiger partial charge in [0.25, 0.3) is 0 Å². The summed E-state index contributed by atoms with van der Waals surface area (Å²) in [6, 6.07) is 22.3. The SMILES string of the molecule is CC(C)(Cc1ccc(-c2nc3ccnc4c3n2[Si](C)(C)c2cc3ccccc3cc2-4)cc1)C(F)(F)F. The van der Waals surface area contributed by atoms with Crippen LogP contribution in [0.5, 0.6) is 0 Å². The molecule has 0 atom stereocenters. The Hall–Kier alpha value is -3.45. The molecule has 0 amide bonds. The van der Waals surface area contributed by atoms with Gasteiger partial charge in [-0.2, -0.15) is 13.2 Å². The third kappa shape index (κ3) is 3.33. The molecule has 1 aliphatic rings. The van der Waals surface area contributed by atoms with E-state index in [1.165, 1.54) is 35.4 Å². The van der Waals surface area contributed by atoms with Crippen molar-refractivity contribution in [3.8, 4) is 22.6 Å². The predicted octanol–water partition coefficient (Wildman–Crippen LogP) is 7.32. The Morgan fingerprint density at radius 3 is 2.22 bits per heavy atom. The maximum Gasteiger partial charge on any atom is 0.394 e. The van der Waals surface area contributed by atoms with Gasteiger partial charge in [0, 0.05) is 17.3 Å². The van der Waals surface area contributed by atoms with Crippen LogP contribution in [0.4, 0.5) is 13.2 Å². The number of fused-ring (bicyclic) bond motifs is 3. The number of rotatable bonds is 3. The Morgan fingerprint density at radius 2 is 1.56 bits per heavy atom. The minimum atomic E-state index is -4.26. The van der Waals surface area contributed by atoms with Crippen molar-refractivity contribution < 1.29 is 13.2 Å². The highest BCUT2D eigenvalue weighted by Crippen LogP contribution is 2.41. The second-order valence-corrected chi connectivity index (χ2v) is 15.0. The van der Waals surface area contributed by atoms with Gasteiger partial charge in [0.1, 0.15) is 5.82 Å². The molecule has 182 valence electrons. The van der Waals surface area contributed by atoms with Crippen LogP contribution in [0.1, 0.15) is 19.4 Å². The summed E-state index contributed by atoms with van der Waals surface area (Å²) in [4.78, 5) is 9.81. The molecule has 7 heteroatoms. The van der Waals surface area contributed by atoms with Crippen molar-refractivity contribution in [1.82, 2.24) is 14.2 Å². The van der Waals surface area contributed by atoms with Crippen LogP contribution in [0.15, 0.2) is 72.9 Å². The number of aromatic nitrogens is 3. The van der Waals surface area contributed by atoms with Crippen LogP contribution in [0, 0.1) is 5.41 Å². The van der Waals surface area contributed by atoms with Gasteiger partial charge in [-0.05, 0) is 53.2 Å². The quantitative estimate of drug-likeness (QED) is 0.243. The number of pyridine rings is 1. The van der Waals surface area contributed by atoms with Gasteiger partial charge in [0.15, 0.2) is 8.24 Å². The molecule has 0 radical (unpaired) electrons. The summed E-state index contributed by atoms with van der Waals surface area (Å²) in [7, 11) is -2.27. The zero-order valence-corrected chi connectivity index (χ0v) is 21.6. The van der Waals surface area contributed by atoms with Gasteiger partial charge < -0.3 is 4.23 Å². The van der Waals surface area contributed by atoms with E-state index in [0.717, 1.165) is 28.1 Å². The molecule has 36 heavy (non-hydrogen) atoms. The third-order valence-corrected chi connectivity index (χ3v) is 10.8. The maximum absolute atomic E-state index is 13.4.